The highest BCUT2D eigenvalue weighted by atomic mass is 16.3. The van der Waals surface area contributed by atoms with Gasteiger partial charge in [-0.1, -0.05) is 50.6 Å². The minimum Gasteiger partial charge on any atom is -0.388 e. The van der Waals surface area contributed by atoms with E-state index in [0.717, 1.165) is 24.8 Å². The lowest BCUT2D eigenvalue weighted by molar-refractivity contribution is 0.0659. The summed E-state index contributed by atoms with van der Waals surface area (Å²) in [6, 6.07) is 10.0. The molecule has 2 amide bonds. The lowest BCUT2D eigenvalue weighted by Crippen LogP contribution is -2.49. The zero-order valence-corrected chi connectivity index (χ0v) is 14.5. The fourth-order valence-electron chi connectivity index (χ4n) is 3.12. The number of likely N-dealkylation sites (tertiary alicyclic amines) is 1. The predicted molar refractivity (Wildman–Crippen MR) is 93.1 cm³/mol. The van der Waals surface area contributed by atoms with Crippen molar-refractivity contribution < 1.29 is 9.90 Å². The third kappa shape index (κ3) is 4.71. The van der Waals surface area contributed by atoms with Crippen molar-refractivity contribution in [3.63, 3.8) is 0 Å². The van der Waals surface area contributed by atoms with E-state index in [0.29, 0.717) is 19.0 Å². The third-order valence-corrected chi connectivity index (χ3v) is 5.26. The van der Waals surface area contributed by atoms with Gasteiger partial charge in [-0.2, -0.15) is 0 Å². The van der Waals surface area contributed by atoms with Gasteiger partial charge >= 0.3 is 6.03 Å². The Balaban J connectivity index is 1.82. The smallest absolute Gasteiger partial charge is 0.317 e. The first-order valence-electron chi connectivity index (χ1n) is 8.81. The van der Waals surface area contributed by atoms with Crippen LogP contribution in [0.5, 0.6) is 0 Å². The number of rotatable bonds is 5. The van der Waals surface area contributed by atoms with Gasteiger partial charge in [0.15, 0.2) is 0 Å². The van der Waals surface area contributed by atoms with Gasteiger partial charge in [0.2, 0.25) is 0 Å². The van der Waals surface area contributed by atoms with Crippen molar-refractivity contribution >= 4 is 6.03 Å². The standard InChI is InChI=1S/C19H30N2O2/c1-4-14(2)15(3)20-19(23)21-12-10-17(11-13-21)18(22)16-8-6-5-7-9-16/h5-9,14-15,17-18,22H,4,10-13H2,1-3H3,(H,20,23). The van der Waals surface area contributed by atoms with Crippen molar-refractivity contribution in [2.75, 3.05) is 13.1 Å². The maximum atomic E-state index is 12.3. The summed E-state index contributed by atoms with van der Waals surface area (Å²) in [7, 11) is 0. The molecule has 1 aliphatic heterocycles. The monoisotopic (exact) mass is 318 g/mol. The van der Waals surface area contributed by atoms with E-state index in [-0.39, 0.29) is 18.0 Å². The Hall–Kier alpha value is -1.55. The molecule has 1 aromatic rings. The summed E-state index contributed by atoms with van der Waals surface area (Å²) in [4.78, 5) is 14.2. The molecule has 23 heavy (non-hydrogen) atoms. The van der Waals surface area contributed by atoms with Crippen LogP contribution in [0.1, 0.15) is 51.7 Å². The van der Waals surface area contributed by atoms with Crippen LogP contribution in [0.2, 0.25) is 0 Å². The molecule has 0 aromatic heterocycles. The summed E-state index contributed by atoms with van der Waals surface area (Å²) in [5.74, 6) is 0.713. The molecule has 0 spiro atoms. The van der Waals surface area contributed by atoms with Crippen LogP contribution in [0.15, 0.2) is 30.3 Å². The molecule has 1 aliphatic rings. The number of aliphatic hydroxyl groups excluding tert-OH is 1. The molecule has 0 aliphatic carbocycles. The van der Waals surface area contributed by atoms with Crippen molar-refractivity contribution in [1.29, 1.82) is 0 Å². The number of hydrogen-bond donors (Lipinski definition) is 2. The van der Waals surface area contributed by atoms with E-state index in [2.05, 4.69) is 26.1 Å². The van der Waals surface area contributed by atoms with Crippen LogP contribution in [0.4, 0.5) is 4.79 Å². The number of amides is 2. The average Bonchev–Trinajstić information content (AvgIpc) is 2.61. The maximum absolute atomic E-state index is 12.3. The molecule has 1 saturated heterocycles. The van der Waals surface area contributed by atoms with Gasteiger partial charge in [0.25, 0.3) is 0 Å². The van der Waals surface area contributed by atoms with Crippen molar-refractivity contribution in [3.8, 4) is 0 Å². The molecule has 1 fully saturated rings. The van der Waals surface area contributed by atoms with Gasteiger partial charge in [0.1, 0.15) is 0 Å². The molecule has 0 radical (unpaired) electrons. The molecule has 2 rings (SSSR count). The van der Waals surface area contributed by atoms with Gasteiger partial charge in [-0.15, -0.1) is 0 Å². The molecular weight excluding hydrogens is 288 g/mol. The van der Waals surface area contributed by atoms with Gasteiger partial charge in [0.05, 0.1) is 6.10 Å². The first-order valence-corrected chi connectivity index (χ1v) is 8.81. The number of nitrogens with one attached hydrogen (secondary N) is 1. The first-order chi connectivity index (χ1) is 11.0. The Bertz CT molecular complexity index is 483. The van der Waals surface area contributed by atoms with Crippen LogP contribution in [-0.4, -0.2) is 35.2 Å². The Morgan fingerprint density at radius 1 is 1.26 bits per heavy atom. The maximum Gasteiger partial charge on any atom is 0.317 e. The molecule has 0 bridgehead atoms. The van der Waals surface area contributed by atoms with Crippen molar-refractivity contribution in [2.45, 2.75) is 52.2 Å². The Morgan fingerprint density at radius 2 is 1.87 bits per heavy atom. The summed E-state index contributed by atoms with van der Waals surface area (Å²) >= 11 is 0. The van der Waals surface area contributed by atoms with Crippen LogP contribution in [0.25, 0.3) is 0 Å². The summed E-state index contributed by atoms with van der Waals surface area (Å²) in [6.07, 6.45) is 2.33. The van der Waals surface area contributed by atoms with Crippen LogP contribution in [0.3, 0.4) is 0 Å². The number of benzene rings is 1. The van der Waals surface area contributed by atoms with Crippen molar-refractivity contribution in [2.24, 2.45) is 11.8 Å². The summed E-state index contributed by atoms with van der Waals surface area (Å²) < 4.78 is 0. The van der Waals surface area contributed by atoms with Gasteiger partial charge in [0, 0.05) is 19.1 Å². The van der Waals surface area contributed by atoms with Gasteiger partial charge in [-0.3, -0.25) is 0 Å². The second-order valence-corrected chi connectivity index (χ2v) is 6.80. The lowest BCUT2D eigenvalue weighted by Gasteiger charge is -2.35. The topological polar surface area (TPSA) is 52.6 Å². The van der Waals surface area contributed by atoms with Gasteiger partial charge in [-0.25, -0.2) is 4.79 Å². The van der Waals surface area contributed by atoms with E-state index >= 15 is 0 Å². The number of hydrogen-bond acceptors (Lipinski definition) is 2. The molecule has 1 aromatic carbocycles. The lowest BCUT2D eigenvalue weighted by atomic mass is 9.87. The predicted octanol–water partition coefficient (Wildman–Crippen LogP) is 3.58. The van der Waals surface area contributed by atoms with E-state index in [1.165, 1.54) is 0 Å². The van der Waals surface area contributed by atoms with Crippen LogP contribution >= 0.6 is 0 Å². The highest BCUT2D eigenvalue weighted by Gasteiger charge is 2.28. The molecule has 128 valence electrons. The van der Waals surface area contributed by atoms with Crippen molar-refractivity contribution in [3.05, 3.63) is 35.9 Å². The number of carbonyl (C=O) groups is 1. The highest BCUT2D eigenvalue weighted by molar-refractivity contribution is 5.74. The SMILES string of the molecule is CCC(C)C(C)NC(=O)N1CCC(C(O)c2ccccc2)CC1. The second kappa shape index (κ2) is 8.34. The third-order valence-electron chi connectivity index (χ3n) is 5.26. The molecule has 3 atom stereocenters. The number of urea groups is 1. The minimum atomic E-state index is -0.430. The summed E-state index contributed by atoms with van der Waals surface area (Å²) in [5.41, 5.74) is 0.973. The van der Waals surface area contributed by atoms with Gasteiger partial charge < -0.3 is 15.3 Å². The largest absolute Gasteiger partial charge is 0.388 e. The number of piperidine rings is 1. The zero-order valence-electron chi connectivity index (χ0n) is 14.5. The van der Waals surface area contributed by atoms with E-state index in [4.69, 9.17) is 0 Å². The number of carbonyl (C=O) groups excluding carboxylic acids is 1. The van der Waals surface area contributed by atoms with Gasteiger partial charge in [-0.05, 0) is 37.2 Å². The van der Waals surface area contributed by atoms with E-state index < -0.39 is 6.10 Å². The molecule has 4 heteroatoms. The van der Waals surface area contributed by atoms with Crippen LogP contribution in [-0.2, 0) is 0 Å². The van der Waals surface area contributed by atoms with Crippen LogP contribution < -0.4 is 5.32 Å². The molecule has 3 unspecified atom stereocenters. The van der Waals surface area contributed by atoms with E-state index in [1.807, 2.05) is 35.2 Å². The Labute approximate surface area is 139 Å². The zero-order chi connectivity index (χ0) is 16.8. The molecular formula is C19H30N2O2. The molecule has 1 heterocycles. The Kier molecular flexibility index (Phi) is 6.46. The van der Waals surface area contributed by atoms with Crippen molar-refractivity contribution in [1.82, 2.24) is 10.2 Å². The summed E-state index contributed by atoms with van der Waals surface area (Å²) in [6.45, 7) is 7.80. The number of aliphatic hydroxyl groups is 1. The average molecular weight is 318 g/mol. The van der Waals surface area contributed by atoms with E-state index in [9.17, 15) is 9.90 Å². The molecule has 2 N–H and O–H groups in total. The first kappa shape index (κ1) is 17.8. The van der Waals surface area contributed by atoms with Crippen LogP contribution in [0, 0.1) is 11.8 Å². The molecule has 0 saturated carbocycles. The molecule has 4 nitrogen and oxygen atoms in total. The highest BCUT2D eigenvalue weighted by Crippen LogP contribution is 2.30. The second-order valence-electron chi connectivity index (χ2n) is 6.80. The fraction of sp³-hybridized carbons (Fsp3) is 0.632. The minimum absolute atomic E-state index is 0.0328. The Morgan fingerprint density at radius 3 is 2.43 bits per heavy atom. The number of nitrogens with zero attached hydrogens (tertiary/aromatic N) is 1. The fourth-order valence-corrected chi connectivity index (χ4v) is 3.12. The van der Waals surface area contributed by atoms with E-state index in [1.54, 1.807) is 0 Å². The normalized spacial score (nSPS) is 19.9. The summed E-state index contributed by atoms with van der Waals surface area (Å²) in [5, 5.41) is 13.6. The quantitative estimate of drug-likeness (QED) is 0.872.